The van der Waals surface area contributed by atoms with E-state index in [0.29, 0.717) is 18.8 Å². The molecule has 2 N–H and O–H groups in total. The van der Waals surface area contributed by atoms with Crippen molar-refractivity contribution in [3.63, 3.8) is 0 Å². The van der Waals surface area contributed by atoms with Crippen molar-refractivity contribution in [3.05, 3.63) is 35.6 Å². The number of hydrogen-bond acceptors (Lipinski definition) is 3. The average Bonchev–Trinajstić information content (AvgIpc) is 2.47. The van der Waals surface area contributed by atoms with Crippen LogP contribution in [0.1, 0.15) is 44.8 Å². The van der Waals surface area contributed by atoms with E-state index in [-0.39, 0.29) is 11.9 Å². The Bertz CT molecular complexity index is 373. The second-order valence-corrected chi connectivity index (χ2v) is 4.85. The molecule has 20 heavy (non-hydrogen) atoms. The van der Waals surface area contributed by atoms with Gasteiger partial charge in [0.2, 0.25) is 0 Å². The van der Waals surface area contributed by atoms with Gasteiger partial charge >= 0.3 is 0 Å². The first kappa shape index (κ1) is 17.1. The van der Waals surface area contributed by atoms with Gasteiger partial charge in [-0.25, -0.2) is 4.39 Å². The molecule has 0 heterocycles. The smallest absolute Gasteiger partial charge is 0.129 e. The molecule has 4 heteroatoms. The van der Waals surface area contributed by atoms with Crippen molar-refractivity contribution in [1.82, 2.24) is 0 Å². The van der Waals surface area contributed by atoms with Crippen LogP contribution in [0.4, 0.5) is 4.39 Å². The Balaban J connectivity index is 2.51. The Morgan fingerprint density at radius 1 is 1.15 bits per heavy atom. The molecular formula is C16H26FNO2. The van der Waals surface area contributed by atoms with Crippen molar-refractivity contribution in [2.75, 3.05) is 19.8 Å². The van der Waals surface area contributed by atoms with Crippen LogP contribution in [-0.4, -0.2) is 25.9 Å². The highest BCUT2D eigenvalue weighted by Crippen LogP contribution is 2.24. The SMILES string of the molecule is CCCCOCCOC(c1ccccc1F)C(N)CC. The summed E-state index contributed by atoms with van der Waals surface area (Å²) in [5, 5.41) is 0. The maximum Gasteiger partial charge on any atom is 0.129 e. The van der Waals surface area contributed by atoms with Crippen LogP contribution in [0.3, 0.4) is 0 Å². The van der Waals surface area contributed by atoms with E-state index in [9.17, 15) is 4.39 Å². The molecule has 0 saturated heterocycles. The standard InChI is InChI=1S/C16H26FNO2/c1-3-5-10-19-11-12-20-16(15(18)4-2)13-8-6-7-9-14(13)17/h6-9,15-16H,3-5,10-12,18H2,1-2H3. The highest BCUT2D eigenvalue weighted by molar-refractivity contribution is 5.21. The lowest BCUT2D eigenvalue weighted by Crippen LogP contribution is -2.31. The molecule has 0 fully saturated rings. The van der Waals surface area contributed by atoms with Gasteiger partial charge in [0, 0.05) is 18.2 Å². The molecule has 1 rings (SSSR count). The zero-order valence-corrected chi connectivity index (χ0v) is 12.5. The van der Waals surface area contributed by atoms with Crippen LogP contribution in [0.15, 0.2) is 24.3 Å². The molecule has 0 aliphatic carbocycles. The third-order valence-corrected chi connectivity index (χ3v) is 3.24. The number of nitrogens with two attached hydrogens (primary N) is 1. The van der Waals surface area contributed by atoms with Gasteiger partial charge in [-0.05, 0) is 18.9 Å². The minimum Gasteiger partial charge on any atom is -0.379 e. The second-order valence-electron chi connectivity index (χ2n) is 4.85. The highest BCUT2D eigenvalue weighted by atomic mass is 19.1. The van der Waals surface area contributed by atoms with E-state index in [4.69, 9.17) is 15.2 Å². The van der Waals surface area contributed by atoms with Crippen LogP contribution in [0.2, 0.25) is 0 Å². The topological polar surface area (TPSA) is 44.5 Å². The van der Waals surface area contributed by atoms with Crippen LogP contribution in [0, 0.1) is 5.82 Å². The number of ether oxygens (including phenoxy) is 2. The summed E-state index contributed by atoms with van der Waals surface area (Å²) in [4.78, 5) is 0. The number of benzene rings is 1. The Labute approximate surface area is 121 Å². The molecule has 0 aliphatic heterocycles. The number of rotatable bonds is 10. The fourth-order valence-corrected chi connectivity index (χ4v) is 1.95. The molecule has 0 radical (unpaired) electrons. The van der Waals surface area contributed by atoms with Crippen molar-refractivity contribution in [1.29, 1.82) is 0 Å². The predicted octanol–water partition coefficient (Wildman–Crippen LogP) is 3.44. The first-order chi connectivity index (χ1) is 9.70. The Morgan fingerprint density at radius 3 is 2.55 bits per heavy atom. The molecule has 0 aliphatic rings. The van der Waals surface area contributed by atoms with Gasteiger partial charge < -0.3 is 15.2 Å². The zero-order valence-electron chi connectivity index (χ0n) is 12.5. The monoisotopic (exact) mass is 283 g/mol. The maximum absolute atomic E-state index is 13.8. The fourth-order valence-electron chi connectivity index (χ4n) is 1.95. The minimum absolute atomic E-state index is 0.220. The average molecular weight is 283 g/mol. The summed E-state index contributed by atoms with van der Waals surface area (Å²) in [6.45, 7) is 5.77. The summed E-state index contributed by atoms with van der Waals surface area (Å²) in [5.74, 6) is -0.270. The van der Waals surface area contributed by atoms with Gasteiger partial charge in [0.15, 0.2) is 0 Å². The van der Waals surface area contributed by atoms with Gasteiger partial charge in [-0.15, -0.1) is 0 Å². The van der Waals surface area contributed by atoms with Crippen molar-refractivity contribution < 1.29 is 13.9 Å². The van der Waals surface area contributed by atoms with Crippen LogP contribution in [0.25, 0.3) is 0 Å². The van der Waals surface area contributed by atoms with Crippen LogP contribution < -0.4 is 5.73 Å². The fraction of sp³-hybridized carbons (Fsp3) is 0.625. The Hall–Kier alpha value is -0.970. The minimum atomic E-state index is -0.420. The normalized spacial score (nSPS) is 14.2. The van der Waals surface area contributed by atoms with Crippen LogP contribution in [-0.2, 0) is 9.47 Å². The number of halogens is 1. The van der Waals surface area contributed by atoms with Gasteiger partial charge in [-0.3, -0.25) is 0 Å². The van der Waals surface area contributed by atoms with Gasteiger partial charge in [0.05, 0.1) is 13.2 Å². The molecule has 0 bridgehead atoms. The third kappa shape index (κ3) is 5.57. The number of hydrogen-bond donors (Lipinski definition) is 1. The highest BCUT2D eigenvalue weighted by Gasteiger charge is 2.22. The van der Waals surface area contributed by atoms with Gasteiger partial charge in [-0.2, -0.15) is 0 Å². The lowest BCUT2D eigenvalue weighted by molar-refractivity contribution is -0.00964. The Morgan fingerprint density at radius 2 is 1.90 bits per heavy atom. The summed E-state index contributed by atoms with van der Waals surface area (Å²) in [6.07, 6.45) is 2.47. The molecule has 1 aromatic rings. The third-order valence-electron chi connectivity index (χ3n) is 3.24. The largest absolute Gasteiger partial charge is 0.379 e. The number of unbranched alkanes of at least 4 members (excludes halogenated alkanes) is 1. The first-order valence-electron chi connectivity index (χ1n) is 7.40. The second kappa shape index (κ2) is 9.86. The first-order valence-corrected chi connectivity index (χ1v) is 7.40. The molecule has 0 amide bonds. The van der Waals surface area contributed by atoms with E-state index in [2.05, 4.69) is 6.92 Å². The molecule has 1 aromatic carbocycles. The lowest BCUT2D eigenvalue weighted by atomic mass is 10.0. The summed E-state index contributed by atoms with van der Waals surface area (Å²) in [6, 6.07) is 6.41. The molecule has 2 unspecified atom stereocenters. The summed E-state index contributed by atoms with van der Waals surface area (Å²) in [5.41, 5.74) is 6.57. The van der Waals surface area contributed by atoms with Gasteiger partial charge in [0.25, 0.3) is 0 Å². The van der Waals surface area contributed by atoms with E-state index in [0.717, 1.165) is 25.9 Å². The summed E-state index contributed by atoms with van der Waals surface area (Å²) < 4.78 is 25.0. The molecule has 0 aromatic heterocycles. The zero-order chi connectivity index (χ0) is 14.8. The lowest BCUT2D eigenvalue weighted by Gasteiger charge is -2.24. The van der Waals surface area contributed by atoms with Gasteiger partial charge in [0.1, 0.15) is 11.9 Å². The van der Waals surface area contributed by atoms with E-state index in [1.807, 2.05) is 6.92 Å². The summed E-state index contributed by atoms with van der Waals surface area (Å²) in [7, 11) is 0. The predicted molar refractivity (Wildman–Crippen MR) is 79.1 cm³/mol. The molecule has 0 spiro atoms. The molecule has 3 nitrogen and oxygen atoms in total. The Kier molecular flexibility index (Phi) is 8.42. The van der Waals surface area contributed by atoms with E-state index in [1.54, 1.807) is 18.2 Å². The van der Waals surface area contributed by atoms with Crippen molar-refractivity contribution >= 4 is 0 Å². The molecular weight excluding hydrogens is 257 g/mol. The summed E-state index contributed by atoms with van der Waals surface area (Å²) >= 11 is 0. The van der Waals surface area contributed by atoms with E-state index < -0.39 is 6.10 Å². The molecule has 0 saturated carbocycles. The van der Waals surface area contributed by atoms with Gasteiger partial charge in [-0.1, -0.05) is 38.5 Å². The van der Waals surface area contributed by atoms with E-state index >= 15 is 0 Å². The molecule has 114 valence electrons. The quantitative estimate of drug-likeness (QED) is 0.669. The van der Waals surface area contributed by atoms with Crippen LogP contribution in [0.5, 0.6) is 0 Å². The molecule has 2 atom stereocenters. The van der Waals surface area contributed by atoms with E-state index in [1.165, 1.54) is 6.07 Å². The van der Waals surface area contributed by atoms with Crippen molar-refractivity contribution in [2.24, 2.45) is 5.73 Å². The van der Waals surface area contributed by atoms with Crippen molar-refractivity contribution in [3.8, 4) is 0 Å². The van der Waals surface area contributed by atoms with Crippen molar-refractivity contribution in [2.45, 2.75) is 45.3 Å². The van der Waals surface area contributed by atoms with Crippen LogP contribution >= 0.6 is 0 Å². The maximum atomic E-state index is 13.8.